The first-order valence-electron chi connectivity index (χ1n) is 5.83. The molecule has 1 aromatic rings. The highest BCUT2D eigenvalue weighted by molar-refractivity contribution is 9.10. The number of ether oxygens (including phenoxy) is 1. The number of halogens is 1. The van der Waals surface area contributed by atoms with Crippen molar-refractivity contribution in [1.82, 2.24) is 4.90 Å². The summed E-state index contributed by atoms with van der Waals surface area (Å²) in [5, 5.41) is 0. The number of carbonyl (C=O) groups is 1. The van der Waals surface area contributed by atoms with Crippen molar-refractivity contribution in [3.63, 3.8) is 0 Å². The zero-order valence-corrected chi connectivity index (χ0v) is 11.4. The van der Waals surface area contributed by atoms with Crippen LogP contribution in [0.1, 0.15) is 25.5 Å². The number of hydrogen-bond acceptors (Lipinski definition) is 4. The Morgan fingerprint density at radius 1 is 1.59 bits per heavy atom. The van der Waals surface area contributed by atoms with Gasteiger partial charge in [-0.1, -0.05) is 0 Å². The van der Waals surface area contributed by atoms with E-state index in [2.05, 4.69) is 20.8 Å². The lowest BCUT2D eigenvalue weighted by Gasteiger charge is -2.19. The molecule has 0 unspecified atom stereocenters. The van der Waals surface area contributed by atoms with E-state index >= 15 is 0 Å². The monoisotopic (exact) mass is 301 g/mol. The molecule has 0 amide bonds. The zero-order chi connectivity index (χ0) is 12.3. The Balaban J connectivity index is 1.91. The molecule has 1 aliphatic rings. The van der Waals surface area contributed by atoms with E-state index in [1.807, 2.05) is 19.1 Å². The van der Waals surface area contributed by atoms with E-state index in [9.17, 15) is 4.79 Å². The summed E-state index contributed by atoms with van der Waals surface area (Å²) in [4.78, 5) is 13.6. The molecule has 1 aliphatic carbocycles. The van der Waals surface area contributed by atoms with Crippen LogP contribution in [0, 0.1) is 0 Å². The third-order valence-electron chi connectivity index (χ3n) is 2.69. The number of carbonyl (C=O) groups excluding carboxylic acids is 1. The molecule has 0 aromatic carbocycles. The van der Waals surface area contributed by atoms with E-state index in [1.165, 1.54) is 0 Å². The molecule has 17 heavy (non-hydrogen) atoms. The van der Waals surface area contributed by atoms with Gasteiger partial charge in [0, 0.05) is 6.04 Å². The molecule has 1 saturated carbocycles. The van der Waals surface area contributed by atoms with Crippen molar-refractivity contribution in [2.45, 2.75) is 32.4 Å². The number of nitrogens with zero attached hydrogens (tertiary/aromatic N) is 1. The standard InChI is InChI=1S/C12H16BrNO3/c1-2-16-12(15)8-14(9-3-4-9)7-10-5-6-11(13)17-10/h5-6,9H,2-4,7-8H2,1H3. The van der Waals surface area contributed by atoms with Crippen LogP contribution in [-0.2, 0) is 16.1 Å². The molecule has 2 rings (SSSR count). The van der Waals surface area contributed by atoms with Gasteiger partial charge < -0.3 is 9.15 Å². The third-order valence-corrected chi connectivity index (χ3v) is 3.11. The van der Waals surface area contributed by atoms with Crippen molar-refractivity contribution in [3.8, 4) is 0 Å². The largest absolute Gasteiger partial charge is 0.465 e. The fourth-order valence-corrected chi connectivity index (χ4v) is 2.10. The normalized spacial score (nSPS) is 15.2. The molecule has 0 bridgehead atoms. The van der Waals surface area contributed by atoms with Crippen LogP contribution in [0.3, 0.4) is 0 Å². The SMILES string of the molecule is CCOC(=O)CN(Cc1ccc(Br)o1)C1CC1. The first-order valence-corrected chi connectivity index (χ1v) is 6.62. The van der Waals surface area contributed by atoms with Gasteiger partial charge in [0.2, 0.25) is 0 Å². The van der Waals surface area contributed by atoms with Gasteiger partial charge >= 0.3 is 5.97 Å². The Bertz CT molecular complexity index is 387. The van der Waals surface area contributed by atoms with Crippen LogP contribution >= 0.6 is 15.9 Å². The fourth-order valence-electron chi connectivity index (χ4n) is 1.76. The Labute approximate surface area is 109 Å². The highest BCUT2D eigenvalue weighted by Crippen LogP contribution is 2.28. The van der Waals surface area contributed by atoms with Crippen LogP contribution < -0.4 is 0 Å². The molecule has 4 nitrogen and oxygen atoms in total. The maximum absolute atomic E-state index is 11.5. The van der Waals surface area contributed by atoms with Gasteiger partial charge in [-0.05, 0) is 47.8 Å². The molecule has 1 fully saturated rings. The van der Waals surface area contributed by atoms with Gasteiger partial charge in [-0.25, -0.2) is 0 Å². The summed E-state index contributed by atoms with van der Waals surface area (Å²) in [5.41, 5.74) is 0. The van der Waals surface area contributed by atoms with Crippen LogP contribution in [0.5, 0.6) is 0 Å². The van der Waals surface area contributed by atoms with Crippen molar-refractivity contribution >= 4 is 21.9 Å². The lowest BCUT2D eigenvalue weighted by molar-refractivity contribution is -0.144. The average Bonchev–Trinajstić information content (AvgIpc) is 3.03. The first kappa shape index (κ1) is 12.6. The van der Waals surface area contributed by atoms with Crippen molar-refractivity contribution in [2.24, 2.45) is 0 Å². The van der Waals surface area contributed by atoms with Gasteiger partial charge in [0.1, 0.15) is 5.76 Å². The summed E-state index contributed by atoms with van der Waals surface area (Å²) in [6, 6.07) is 4.29. The van der Waals surface area contributed by atoms with Crippen molar-refractivity contribution in [2.75, 3.05) is 13.2 Å². The molecule has 94 valence electrons. The second-order valence-corrected chi connectivity index (χ2v) is 4.93. The lowest BCUT2D eigenvalue weighted by Crippen LogP contribution is -2.32. The van der Waals surface area contributed by atoms with E-state index in [0.29, 0.717) is 25.7 Å². The zero-order valence-electron chi connectivity index (χ0n) is 9.82. The minimum absolute atomic E-state index is 0.162. The van der Waals surface area contributed by atoms with Crippen LogP contribution in [0.2, 0.25) is 0 Å². The van der Waals surface area contributed by atoms with Gasteiger partial charge in [-0.2, -0.15) is 0 Å². The minimum Gasteiger partial charge on any atom is -0.465 e. The van der Waals surface area contributed by atoms with Crippen LogP contribution in [0.4, 0.5) is 0 Å². The molecule has 0 aliphatic heterocycles. The molecule has 5 heteroatoms. The van der Waals surface area contributed by atoms with Gasteiger partial charge in [-0.3, -0.25) is 9.69 Å². The van der Waals surface area contributed by atoms with Crippen molar-refractivity contribution in [3.05, 3.63) is 22.6 Å². The fraction of sp³-hybridized carbons (Fsp3) is 0.583. The van der Waals surface area contributed by atoms with Gasteiger partial charge in [0.25, 0.3) is 0 Å². The predicted octanol–water partition coefficient (Wildman–Crippen LogP) is 2.57. The summed E-state index contributed by atoms with van der Waals surface area (Å²) >= 11 is 3.27. The van der Waals surface area contributed by atoms with Gasteiger partial charge in [0.15, 0.2) is 4.67 Å². The number of furan rings is 1. The third kappa shape index (κ3) is 3.85. The van der Waals surface area contributed by atoms with E-state index < -0.39 is 0 Å². The highest BCUT2D eigenvalue weighted by atomic mass is 79.9. The Kier molecular flexibility index (Phi) is 4.23. The lowest BCUT2D eigenvalue weighted by atomic mass is 10.3. The summed E-state index contributed by atoms with van der Waals surface area (Å²) in [6.07, 6.45) is 2.31. The average molecular weight is 302 g/mol. The number of esters is 1. The molecule has 0 atom stereocenters. The molecule has 1 heterocycles. The Morgan fingerprint density at radius 3 is 2.88 bits per heavy atom. The van der Waals surface area contributed by atoms with Crippen LogP contribution in [-0.4, -0.2) is 30.1 Å². The summed E-state index contributed by atoms with van der Waals surface area (Å²) < 4.78 is 11.2. The maximum atomic E-state index is 11.5. The summed E-state index contributed by atoms with van der Waals surface area (Å²) in [5.74, 6) is 0.707. The first-order chi connectivity index (χ1) is 8.19. The molecule has 0 N–H and O–H groups in total. The summed E-state index contributed by atoms with van der Waals surface area (Å²) in [6.45, 7) is 3.26. The highest BCUT2D eigenvalue weighted by Gasteiger charge is 2.31. The van der Waals surface area contributed by atoms with Gasteiger partial charge in [0.05, 0.1) is 19.7 Å². The molecule has 1 aromatic heterocycles. The molecular weight excluding hydrogens is 286 g/mol. The van der Waals surface area contributed by atoms with E-state index in [-0.39, 0.29) is 5.97 Å². The maximum Gasteiger partial charge on any atom is 0.320 e. The quantitative estimate of drug-likeness (QED) is 0.758. The molecule has 0 radical (unpaired) electrons. The van der Waals surface area contributed by atoms with Crippen molar-refractivity contribution < 1.29 is 13.9 Å². The minimum atomic E-state index is -0.162. The van der Waals surface area contributed by atoms with Crippen LogP contribution in [0.15, 0.2) is 21.2 Å². The van der Waals surface area contributed by atoms with Gasteiger partial charge in [-0.15, -0.1) is 0 Å². The molecular formula is C12H16BrNO3. The summed E-state index contributed by atoms with van der Waals surface area (Å²) in [7, 11) is 0. The van der Waals surface area contributed by atoms with E-state index in [0.717, 1.165) is 23.3 Å². The predicted molar refractivity (Wildman–Crippen MR) is 66.5 cm³/mol. The Morgan fingerprint density at radius 2 is 2.35 bits per heavy atom. The van der Waals surface area contributed by atoms with Crippen LogP contribution in [0.25, 0.3) is 0 Å². The van der Waals surface area contributed by atoms with Crippen molar-refractivity contribution in [1.29, 1.82) is 0 Å². The smallest absolute Gasteiger partial charge is 0.320 e. The topological polar surface area (TPSA) is 42.7 Å². The number of rotatable bonds is 6. The molecule has 0 saturated heterocycles. The van der Waals surface area contributed by atoms with E-state index in [1.54, 1.807) is 0 Å². The number of hydrogen-bond donors (Lipinski definition) is 0. The molecule has 0 spiro atoms. The second kappa shape index (κ2) is 5.69. The van der Waals surface area contributed by atoms with E-state index in [4.69, 9.17) is 9.15 Å². The Hall–Kier alpha value is -0.810. The second-order valence-electron chi connectivity index (χ2n) is 4.15.